The fraction of sp³-hybridized carbons (Fsp3) is 0.227. The van der Waals surface area contributed by atoms with Crippen molar-refractivity contribution in [1.82, 2.24) is 14.7 Å². The van der Waals surface area contributed by atoms with Gasteiger partial charge in [-0.05, 0) is 36.8 Å². The Kier molecular flexibility index (Phi) is 4.21. The van der Waals surface area contributed by atoms with Crippen LogP contribution in [0.5, 0.6) is 5.75 Å². The molecule has 3 amide bonds. The Bertz CT molecular complexity index is 1150. The average molecular weight is 421 g/mol. The van der Waals surface area contributed by atoms with Crippen molar-refractivity contribution in [3.63, 3.8) is 0 Å². The molecule has 3 heterocycles. The summed E-state index contributed by atoms with van der Waals surface area (Å²) in [7, 11) is 1.61. The van der Waals surface area contributed by atoms with Gasteiger partial charge < -0.3 is 14.9 Å². The van der Waals surface area contributed by atoms with Crippen LogP contribution < -0.4 is 4.90 Å². The average Bonchev–Trinajstić information content (AvgIpc) is 3.26. The molecule has 1 saturated heterocycles. The number of benzene rings is 2. The van der Waals surface area contributed by atoms with Crippen LogP contribution in [0.3, 0.4) is 0 Å². The Morgan fingerprint density at radius 3 is 2.52 bits per heavy atom. The van der Waals surface area contributed by atoms with Gasteiger partial charge >= 0.3 is 6.03 Å². The number of allylic oxidation sites excluding steroid dienone is 1. The van der Waals surface area contributed by atoms with Crippen molar-refractivity contribution in [3.05, 3.63) is 71.8 Å². The highest BCUT2D eigenvalue weighted by molar-refractivity contribution is 6.10. The second-order valence-electron chi connectivity index (χ2n) is 7.73. The van der Waals surface area contributed by atoms with E-state index in [2.05, 4.69) is 4.99 Å². The minimum atomic E-state index is -0.719. The van der Waals surface area contributed by atoms with Crippen LogP contribution in [0, 0.1) is 5.82 Å². The highest BCUT2D eigenvalue weighted by atomic mass is 19.1. The number of anilines is 1. The summed E-state index contributed by atoms with van der Waals surface area (Å²) >= 11 is 0. The van der Waals surface area contributed by atoms with Crippen molar-refractivity contribution >= 4 is 23.6 Å². The number of fused-ring (bicyclic) bond motifs is 3. The van der Waals surface area contributed by atoms with Gasteiger partial charge in [0.15, 0.2) is 12.2 Å². The van der Waals surface area contributed by atoms with Crippen molar-refractivity contribution in [2.75, 3.05) is 11.9 Å². The van der Waals surface area contributed by atoms with Crippen molar-refractivity contribution < 1.29 is 19.1 Å². The number of guanidine groups is 1. The smallest absolute Gasteiger partial charge is 0.328 e. The Labute approximate surface area is 178 Å². The molecule has 5 rings (SSSR count). The van der Waals surface area contributed by atoms with Crippen LogP contribution in [-0.4, -0.2) is 57.0 Å². The van der Waals surface area contributed by atoms with E-state index in [0.717, 1.165) is 5.70 Å². The fourth-order valence-electron chi connectivity index (χ4n) is 4.22. The van der Waals surface area contributed by atoms with E-state index in [9.17, 15) is 19.1 Å². The van der Waals surface area contributed by atoms with Gasteiger partial charge in [0.25, 0.3) is 5.91 Å². The van der Waals surface area contributed by atoms with Crippen molar-refractivity contribution in [2.45, 2.75) is 25.7 Å². The number of imide groups is 1. The minimum absolute atomic E-state index is 0.0422. The first-order chi connectivity index (χ1) is 14.9. The number of para-hydroxylation sites is 2. The predicted octanol–water partition coefficient (Wildman–Crippen LogP) is 2.67. The van der Waals surface area contributed by atoms with E-state index in [1.807, 2.05) is 6.92 Å². The van der Waals surface area contributed by atoms with Crippen LogP contribution in [0.15, 0.2) is 65.4 Å². The Morgan fingerprint density at radius 1 is 1.10 bits per heavy atom. The molecule has 2 aromatic carbocycles. The van der Waals surface area contributed by atoms with Crippen LogP contribution in [-0.2, 0) is 11.3 Å². The molecular weight excluding hydrogens is 401 g/mol. The topological polar surface area (TPSA) is 79.7 Å². The molecule has 31 heavy (non-hydrogen) atoms. The van der Waals surface area contributed by atoms with Crippen LogP contribution in [0.25, 0.3) is 0 Å². The summed E-state index contributed by atoms with van der Waals surface area (Å²) in [4.78, 5) is 37.1. The number of rotatable bonds is 3. The number of nitrogens with zero attached hydrogens (tertiary/aromatic N) is 5. The van der Waals surface area contributed by atoms with Gasteiger partial charge in [0.05, 0.1) is 12.2 Å². The number of urea groups is 1. The van der Waals surface area contributed by atoms with E-state index in [4.69, 9.17) is 0 Å². The van der Waals surface area contributed by atoms with Gasteiger partial charge in [-0.1, -0.05) is 24.3 Å². The maximum absolute atomic E-state index is 13.4. The number of aromatic hydroxyl groups is 1. The van der Waals surface area contributed by atoms with Crippen molar-refractivity contribution in [3.8, 4) is 5.75 Å². The first-order valence-electron chi connectivity index (χ1n) is 9.82. The summed E-state index contributed by atoms with van der Waals surface area (Å²) in [6.45, 7) is 1.90. The molecule has 2 unspecified atom stereocenters. The second-order valence-corrected chi connectivity index (χ2v) is 7.73. The van der Waals surface area contributed by atoms with Gasteiger partial charge in [0, 0.05) is 18.9 Å². The lowest BCUT2D eigenvalue weighted by Gasteiger charge is -2.40. The SMILES string of the molecule is CC1=CN2C(=NC3C2C(=O)N(Cc2ccc(F)cc2)C(=O)N3C)N1c1ccccc1O. The van der Waals surface area contributed by atoms with E-state index < -0.39 is 18.2 Å². The van der Waals surface area contributed by atoms with Crippen LogP contribution in [0.1, 0.15) is 12.5 Å². The molecule has 0 spiro atoms. The number of hydrogen-bond acceptors (Lipinski definition) is 6. The molecule has 9 heteroatoms. The first-order valence-corrected chi connectivity index (χ1v) is 9.82. The molecule has 0 aliphatic carbocycles. The van der Waals surface area contributed by atoms with E-state index in [1.165, 1.54) is 21.9 Å². The molecule has 0 bridgehead atoms. The minimum Gasteiger partial charge on any atom is -0.506 e. The van der Waals surface area contributed by atoms with E-state index in [-0.39, 0.29) is 24.0 Å². The Balaban J connectivity index is 1.48. The lowest BCUT2D eigenvalue weighted by atomic mass is 10.1. The third-order valence-corrected chi connectivity index (χ3v) is 5.76. The number of phenolic OH excluding ortho intramolecular Hbond substituents is 1. The molecule has 0 radical (unpaired) electrons. The quantitative estimate of drug-likeness (QED) is 0.824. The molecule has 1 fully saturated rings. The lowest BCUT2D eigenvalue weighted by molar-refractivity contribution is -0.137. The summed E-state index contributed by atoms with van der Waals surface area (Å²) in [5.41, 5.74) is 1.98. The predicted molar refractivity (Wildman–Crippen MR) is 111 cm³/mol. The van der Waals surface area contributed by atoms with Gasteiger partial charge in [0.2, 0.25) is 5.96 Å². The molecule has 2 atom stereocenters. The second kappa shape index (κ2) is 6.83. The molecule has 2 aromatic rings. The third-order valence-electron chi connectivity index (χ3n) is 5.76. The summed E-state index contributed by atoms with van der Waals surface area (Å²) in [5, 5.41) is 10.3. The van der Waals surface area contributed by atoms with Crippen LogP contribution in [0.4, 0.5) is 14.9 Å². The summed E-state index contributed by atoms with van der Waals surface area (Å²) in [6.07, 6.45) is 1.12. The molecule has 3 aliphatic heterocycles. The summed E-state index contributed by atoms with van der Waals surface area (Å²) in [6, 6.07) is 11.4. The maximum Gasteiger partial charge on any atom is 0.328 e. The zero-order chi connectivity index (χ0) is 21.9. The highest BCUT2D eigenvalue weighted by Gasteiger charge is 2.54. The van der Waals surface area contributed by atoms with Crippen LogP contribution in [0.2, 0.25) is 0 Å². The summed E-state index contributed by atoms with van der Waals surface area (Å²) in [5.74, 6) is -0.193. The third kappa shape index (κ3) is 2.84. The zero-order valence-electron chi connectivity index (χ0n) is 16.9. The van der Waals surface area contributed by atoms with Gasteiger partial charge in [0.1, 0.15) is 11.6 Å². The van der Waals surface area contributed by atoms with Gasteiger partial charge in [-0.25, -0.2) is 14.2 Å². The molecule has 0 saturated carbocycles. The molecule has 0 aromatic heterocycles. The molecule has 1 N–H and O–H groups in total. The maximum atomic E-state index is 13.4. The number of halogens is 1. The monoisotopic (exact) mass is 421 g/mol. The van der Waals surface area contributed by atoms with Gasteiger partial charge in [-0.2, -0.15) is 0 Å². The number of carbonyl (C=O) groups excluding carboxylic acids is 2. The lowest BCUT2D eigenvalue weighted by Crippen LogP contribution is -2.63. The van der Waals surface area contributed by atoms with Crippen molar-refractivity contribution in [1.29, 1.82) is 0 Å². The fourth-order valence-corrected chi connectivity index (χ4v) is 4.22. The van der Waals surface area contributed by atoms with Gasteiger partial charge in [-0.3, -0.25) is 14.6 Å². The highest BCUT2D eigenvalue weighted by Crippen LogP contribution is 2.39. The standard InChI is InChI=1S/C22H20FN5O3/c1-13-11-26-18-19(24-21(26)28(13)16-5-3-4-6-17(16)29)25(2)22(31)27(20(18)30)12-14-7-9-15(23)10-8-14/h3-11,18-19,29H,12H2,1-2H3. The van der Waals surface area contributed by atoms with Gasteiger partial charge in [-0.15, -0.1) is 0 Å². The molecule has 3 aliphatic rings. The van der Waals surface area contributed by atoms with Crippen LogP contribution >= 0.6 is 0 Å². The molecule has 158 valence electrons. The van der Waals surface area contributed by atoms with E-state index >= 15 is 0 Å². The largest absolute Gasteiger partial charge is 0.506 e. The number of carbonyl (C=O) groups is 2. The molecular formula is C22H20FN5O3. The number of phenols is 1. The van der Waals surface area contributed by atoms with E-state index in [1.54, 1.807) is 59.4 Å². The number of likely N-dealkylation sites (N-methyl/N-ethyl adjacent to an activating group) is 1. The normalized spacial score (nSPS) is 22.5. The van der Waals surface area contributed by atoms with E-state index in [0.29, 0.717) is 17.2 Å². The zero-order valence-corrected chi connectivity index (χ0v) is 16.9. The Morgan fingerprint density at radius 2 is 1.81 bits per heavy atom. The number of amides is 3. The van der Waals surface area contributed by atoms with Crippen molar-refractivity contribution in [2.24, 2.45) is 4.99 Å². The summed E-state index contributed by atoms with van der Waals surface area (Å²) < 4.78 is 13.2. The first kappa shape index (κ1) is 19.1. The number of hydrogen-bond donors (Lipinski definition) is 1. The Hall–Kier alpha value is -3.88. The molecule has 8 nitrogen and oxygen atoms in total. The number of aliphatic imine (C=N–C) groups is 1.